The molecule has 0 aliphatic carbocycles. The standard InChI is InChI=1S/C22H22N4O/c1-15-13-26-20-18(22(27)23-15)5-4-6-19(20)24-21(26)17-9-7-16(8-10-17)14-25-11-2-3-12-25/h2-10,15H,11-14H2,1H3,(H,23,27)/t15-/m0/s1. The molecule has 3 aromatic rings. The summed E-state index contributed by atoms with van der Waals surface area (Å²) >= 11 is 0. The lowest BCUT2D eigenvalue weighted by Crippen LogP contribution is -2.33. The molecule has 0 saturated heterocycles. The summed E-state index contributed by atoms with van der Waals surface area (Å²) in [6, 6.07) is 14.5. The van der Waals surface area contributed by atoms with Crippen LogP contribution >= 0.6 is 0 Å². The van der Waals surface area contributed by atoms with E-state index in [1.807, 2.05) is 25.1 Å². The molecule has 3 heterocycles. The van der Waals surface area contributed by atoms with Gasteiger partial charge in [-0.25, -0.2) is 4.98 Å². The maximum Gasteiger partial charge on any atom is 0.253 e. The van der Waals surface area contributed by atoms with E-state index in [-0.39, 0.29) is 11.9 Å². The summed E-state index contributed by atoms with van der Waals surface area (Å²) in [5.41, 5.74) is 4.90. The number of hydrogen-bond acceptors (Lipinski definition) is 3. The van der Waals surface area contributed by atoms with Gasteiger partial charge in [0, 0.05) is 37.8 Å². The number of hydrogen-bond donors (Lipinski definition) is 1. The Bertz CT molecular complexity index is 1040. The van der Waals surface area contributed by atoms with Gasteiger partial charge in [-0.05, 0) is 24.6 Å². The topological polar surface area (TPSA) is 50.2 Å². The van der Waals surface area contributed by atoms with Crippen LogP contribution in [0.2, 0.25) is 0 Å². The molecule has 0 fully saturated rings. The molecule has 2 aliphatic rings. The lowest BCUT2D eigenvalue weighted by atomic mass is 10.1. The van der Waals surface area contributed by atoms with Crippen molar-refractivity contribution in [3.05, 3.63) is 65.7 Å². The fraction of sp³-hybridized carbons (Fsp3) is 0.273. The third kappa shape index (κ3) is 2.84. The number of imidazole rings is 1. The fourth-order valence-corrected chi connectivity index (χ4v) is 4.06. The molecule has 1 atom stereocenters. The first-order valence-corrected chi connectivity index (χ1v) is 9.46. The molecule has 1 aromatic heterocycles. The van der Waals surface area contributed by atoms with E-state index in [1.54, 1.807) is 0 Å². The van der Waals surface area contributed by atoms with E-state index in [9.17, 15) is 4.79 Å². The Morgan fingerprint density at radius 1 is 1.11 bits per heavy atom. The molecule has 0 spiro atoms. The van der Waals surface area contributed by atoms with Gasteiger partial charge in [0.05, 0.1) is 16.6 Å². The summed E-state index contributed by atoms with van der Waals surface area (Å²) in [6.07, 6.45) is 4.43. The van der Waals surface area contributed by atoms with Crippen molar-refractivity contribution in [2.24, 2.45) is 0 Å². The van der Waals surface area contributed by atoms with Crippen LogP contribution in [-0.4, -0.2) is 39.5 Å². The number of rotatable bonds is 3. The molecule has 136 valence electrons. The predicted octanol–water partition coefficient (Wildman–Crippen LogP) is 3.21. The Hall–Kier alpha value is -2.92. The molecule has 0 bridgehead atoms. The van der Waals surface area contributed by atoms with E-state index in [1.165, 1.54) is 5.56 Å². The van der Waals surface area contributed by atoms with Gasteiger partial charge in [0.25, 0.3) is 5.91 Å². The van der Waals surface area contributed by atoms with Crippen LogP contribution < -0.4 is 5.32 Å². The number of nitrogens with zero attached hydrogens (tertiary/aromatic N) is 3. The van der Waals surface area contributed by atoms with Crippen molar-refractivity contribution in [1.29, 1.82) is 0 Å². The molecule has 1 N–H and O–H groups in total. The van der Waals surface area contributed by atoms with Crippen LogP contribution in [0.25, 0.3) is 22.4 Å². The number of carbonyl (C=O) groups is 1. The molecule has 0 radical (unpaired) electrons. The molecule has 2 aromatic carbocycles. The molecule has 5 heteroatoms. The quantitative estimate of drug-likeness (QED) is 0.732. The van der Waals surface area contributed by atoms with Gasteiger partial charge in [-0.2, -0.15) is 0 Å². The monoisotopic (exact) mass is 358 g/mol. The van der Waals surface area contributed by atoms with E-state index in [0.29, 0.717) is 5.56 Å². The van der Waals surface area contributed by atoms with Gasteiger partial charge in [0.1, 0.15) is 5.82 Å². The Labute approximate surface area is 158 Å². The largest absolute Gasteiger partial charge is 0.348 e. The number of nitrogens with one attached hydrogen (secondary N) is 1. The highest BCUT2D eigenvalue weighted by molar-refractivity contribution is 6.06. The molecule has 0 unspecified atom stereocenters. The van der Waals surface area contributed by atoms with Crippen molar-refractivity contribution in [2.45, 2.75) is 26.1 Å². The molecule has 2 aliphatic heterocycles. The predicted molar refractivity (Wildman–Crippen MR) is 107 cm³/mol. The van der Waals surface area contributed by atoms with Crippen LogP contribution in [0.1, 0.15) is 22.8 Å². The van der Waals surface area contributed by atoms with Gasteiger partial charge in [0.15, 0.2) is 0 Å². The summed E-state index contributed by atoms with van der Waals surface area (Å²) in [5, 5.41) is 3.06. The smallest absolute Gasteiger partial charge is 0.253 e. The number of para-hydroxylation sites is 1. The van der Waals surface area contributed by atoms with Crippen LogP contribution in [0.15, 0.2) is 54.6 Å². The van der Waals surface area contributed by atoms with Crippen molar-refractivity contribution in [3.8, 4) is 11.4 Å². The zero-order chi connectivity index (χ0) is 18.4. The lowest BCUT2D eigenvalue weighted by molar-refractivity contribution is 0.0942. The first kappa shape index (κ1) is 16.3. The van der Waals surface area contributed by atoms with Gasteiger partial charge >= 0.3 is 0 Å². The first-order chi connectivity index (χ1) is 13.2. The van der Waals surface area contributed by atoms with Gasteiger partial charge in [-0.1, -0.05) is 42.5 Å². The number of carbonyl (C=O) groups excluding carboxylic acids is 1. The van der Waals surface area contributed by atoms with Crippen LogP contribution in [0.3, 0.4) is 0 Å². The molecule has 5 rings (SSSR count). The third-order valence-corrected chi connectivity index (χ3v) is 5.36. The highest BCUT2D eigenvalue weighted by Crippen LogP contribution is 2.29. The summed E-state index contributed by atoms with van der Waals surface area (Å²) in [6.45, 7) is 5.77. The maximum absolute atomic E-state index is 12.5. The summed E-state index contributed by atoms with van der Waals surface area (Å²) in [5.74, 6) is 0.906. The molecule has 1 amide bonds. The van der Waals surface area contributed by atoms with Crippen molar-refractivity contribution < 1.29 is 4.79 Å². The third-order valence-electron chi connectivity index (χ3n) is 5.36. The van der Waals surface area contributed by atoms with Crippen LogP contribution in [0, 0.1) is 0 Å². The summed E-state index contributed by atoms with van der Waals surface area (Å²) in [7, 11) is 0. The first-order valence-electron chi connectivity index (χ1n) is 9.46. The summed E-state index contributed by atoms with van der Waals surface area (Å²) in [4.78, 5) is 19.8. The van der Waals surface area contributed by atoms with Crippen molar-refractivity contribution in [1.82, 2.24) is 19.8 Å². The average Bonchev–Trinajstić information content (AvgIpc) is 3.27. The number of amides is 1. The van der Waals surface area contributed by atoms with Gasteiger partial charge < -0.3 is 9.88 Å². The Kier molecular flexibility index (Phi) is 3.83. The van der Waals surface area contributed by atoms with Crippen LogP contribution in [-0.2, 0) is 13.1 Å². The van der Waals surface area contributed by atoms with E-state index in [0.717, 1.165) is 48.6 Å². The molecule has 0 saturated carbocycles. The molecular weight excluding hydrogens is 336 g/mol. The van der Waals surface area contributed by atoms with Crippen molar-refractivity contribution >= 4 is 16.9 Å². The molecular formula is C22H22N4O. The second kappa shape index (κ2) is 6.35. The SMILES string of the molecule is C[C@H]1Cn2c(-c3ccc(CN4CC=CC4)cc3)nc3cccc(c32)C(=O)N1. The van der Waals surface area contributed by atoms with E-state index >= 15 is 0 Å². The summed E-state index contributed by atoms with van der Waals surface area (Å²) < 4.78 is 2.19. The van der Waals surface area contributed by atoms with E-state index in [4.69, 9.17) is 4.98 Å². The number of aromatic nitrogens is 2. The Balaban J connectivity index is 1.55. The fourth-order valence-electron chi connectivity index (χ4n) is 4.06. The van der Waals surface area contributed by atoms with Crippen molar-refractivity contribution in [3.63, 3.8) is 0 Å². The Morgan fingerprint density at radius 2 is 1.89 bits per heavy atom. The minimum Gasteiger partial charge on any atom is -0.348 e. The maximum atomic E-state index is 12.5. The number of benzene rings is 2. The highest BCUT2D eigenvalue weighted by atomic mass is 16.1. The highest BCUT2D eigenvalue weighted by Gasteiger charge is 2.24. The average molecular weight is 358 g/mol. The zero-order valence-electron chi connectivity index (χ0n) is 15.4. The normalized spacial score (nSPS) is 19.4. The lowest BCUT2D eigenvalue weighted by Gasteiger charge is -2.15. The van der Waals surface area contributed by atoms with Gasteiger partial charge in [-0.15, -0.1) is 0 Å². The Morgan fingerprint density at radius 3 is 2.67 bits per heavy atom. The van der Waals surface area contributed by atoms with E-state index < -0.39 is 0 Å². The van der Waals surface area contributed by atoms with Crippen LogP contribution in [0.4, 0.5) is 0 Å². The second-order valence-corrected chi connectivity index (χ2v) is 7.46. The minimum absolute atomic E-state index is 0.0205. The minimum atomic E-state index is -0.0205. The zero-order valence-corrected chi connectivity index (χ0v) is 15.4. The second-order valence-electron chi connectivity index (χ2n) is 7.46. The van der Waals surface area contributed by atoms with Gasteiger partial charge in [0.2, 0.25) is 0 Å². The molecule has 5 nitrogen and oxygen atoms in total. The molecule has 27 heavy (non-hydrogen) atoms. The van der Waals surface area contributed by atoms with Gasteiger partial charge in [-0.3, -0.25) is 9.69 Å². The van der Waals surface area contributed by atoms with Crippen LogP contribution in [0.5, 0.6) is 0 Å². The van der Waals surface area contributed by atoms with E-state index in [2.05, 4.69) is 51.2 Å². The van der Waals surface area contributed by atoms with Crippen molar-refractivity contribution in [2.75, 3.05) is 13.1 Å².